The SMILES string of the molecule is CNC(=O)c1ccc(CN(C)C(=O)CSc2ccc3ccccc3c2)cc1. The molecule has 0 aliphatic heterocycles. The number of carbonyl (C=O) groups is 2. The van der Waals surface area contributed by atoms with Gasteiger partial charge in [0, 0.05) is 31.1 Å². The molecule has 0 heterocycles. The first-order valence-corrected chi connectivity index (χ1v) is 9.72. The average Bonchev–Trinajstić information content (AvgIpc) is 2.71. The first kappa shape index (κ1) is 19.0. The van der Waals surface area contributed by atoms with Crippen molar-refractivity contribution in [2.24, 2.45) is 0 Å². The van der Waals surface area contributed by atoms with E-state index in [2.05, 4.69) is 35.6 Å². The highest BCUT2D eigenvalue weighted by atomic mass is 32.2. The second-order valence-corrected chi connectivity index (χ2v) is 7.37. The van der Waals surface area contributed by atoms with Crippen molar-refractivity contribution in [3.63, 3.8) is 0 Å². The van der Waals surface area contributed by atoms with E-state index in [1.54, 1.807) is 42.9 Å². The molecule has 0 saturated carbocycles. The lowest BCUT2D eigenvalue weighted by Crippen LogP contribution is -2.27. The van der Waals surface area contributed by atoms with Gasteiger partial charge in [0.1, 0.15) is 0 Å². The van der Waals surface area contributed by atoms with Gasteiger partial charge in [-0.25, -0.2) is 0 Å². The maximum Gasteiger partial charge on any atom is 0.251 e. The van der Waals surface area contributed by atoms with Gasteiger partial charge in [0.15, 0.2) is 0 Å². The summed E-state index contributed by atoms with van der Waals surface area (Å²) in [6.45, 7) is 0.519. The maximum atomic E-state index is 12.4. The largest absolute Gasteiger partial charge is 0.355 e. The van der Waals surface area contributed by atoms with Crippen molar-refractivity contribution in [1.82, 2.24) is 10.2 Å². The van der Waals surface area contributed by atoms with E-state index in [9.17, 15) is 9.59 Å². The summed E-state index contributed by atoms with van der Waals surface area (Å²) in [5.41, 5.74) is 1.61. The van der Waals surface area contributed by atoms with Crippen molar-refractivity contribution in [2.75, 3.05) is 19.8 Å². The third-order valence-corrected chi connectivity index (χ3v) is 5.35. The van der Waals surface area contributed by atoms with Gasteiger partial charge in [0.05, 0.1) is 5.75 Å². The van der Waals surface area contributed by atoms with Gasteiger partial charge in [0.2, 0.25) is 5.91 Å². The third-order valence-electron chi connectivity index (χ3n) is 4.37. The van der Waals surface area contributed by atoms with Crippen LogP contribution in [0.5, 0.6) is 0 Å². The highest BCUT2D eigenvalue weighted by Crippen LogP contribution is 2.24. The minimum atomic E-state index is -0.113. The van der Waals surface area contributed by atoms with Gasteiger partial charge in [-0.05, 0) is 40.6 Å². The van der Waals surface area contributed by atoms with Crippen LogP contribution in [0.4, 0.5) is 0 Å². The molecule has 4 nitrogen and oxygen atoms in total. The van der Waals surface area contributed by atoms with Crippen LogP contribution in [0.15, 0.2) is 71.6 Å². The number of rotatable bonds is 6. The molecule has 3 rings (SSSR count). The van der Waals surface area contributed by atoms with Crippen molar-refractivity contribution >= 4 is 34.3 Å². The predicted octanol–water partition coefficient (Wildman–Crippen LogP) is 3.95. The van der Waals surface area contributed by atoms with E-state index >= 15 is 0 Å². The summed E-state index contributed by atoms with van der Waals surface area (Å²) in [4.78, 5) is 26.8. The molecule has 0 unspecified atom stereocenters. The number of thioether (sulfide) groups is 1. The smallest absolute Gasteiger partial charge is 0.251 e. The number of benzene rings is 3. The lowest BCUT2D eigenvalue weighted by atomic mass is 10.1. The van der Waals surface area contributed by atoms with Gasteiger partial charge in [-0.2, -0.15) is 0 Å². The van der Waals surface area contributed by atoms with E-state index in [4.69, 9.17) is 0 Å². The molecule has 0 spiro atoms. The molecule has 0 aromatic heterocycles. The van der Waals surface area contributed by atoms with Gasteiger partial charge >= 0.3 is 0 Å². The van der Waals surface area contributed by atoms with E-state index in [1.165, 1.54) is 10.8 Å². The van der Waals surface area contributed by atoms with Crippen LogP contribution in [0, 0.1) is 0 Å². The third kappa shape index (κ3) is 4.89. The van der Waals surface area contributed by atoms with Crippen LogP contribution in [0.2, 0.25) is 0 Å². The summed E-state index contributed by atoms with van der Waals surface area (Å²) in [5, 5.41) is 4.98. The second kappa shape index (κ2) is 8.73. The molecule has 0 aliphatic rings. The number of carbonyl (C=O) groups excluding carboxylic acids is 2. The number of amides is 2. The molecule has 27 heavy (non-hydrogen) atoms. The Morgan fingerprint density at radius 1 is 0.963 bits per heavy atom. The fraction of sp³-hybridized carbons (Fsp3) is 0.182. The Morgan fingerprint density at radius 2 is 1.67 bits per heavy atom. The van der Waals surface area contributed by atoms with Crippen LogP contribution < -0.4 is 5.32 Å². The number of nitrogens with one attached hydrogen (secondary N) is 1. The first-order valence-electron chi connectivity index (χ1n) is 8.73. The summed E-state index contributed by atoms with van der Waals surface area (Å²) in [6.07, 6.45) is 0. The zero-order valence-electron chi connectivity index (χ0n) is 15.4. The molecule has 0 bridgehead atoms. The molecule has 1 N–H and O–H groups in total. The first-order chi connectivity index (χ1) is 13.1. The number of fused-ring (bicyclic) bond motifs is 1. The van der Waals surface area contributed by atoms with Crippen molar-refractivity contribution < 1.29 is 9.59 Å². The summed E-state index contributed by atoms with van der Waals surface area (Å²) in [7, 11) is 3.41. The van der Waals surface area contributed by atoms with Crippen molar-refractivity contribution in [1.29, 1.82) is 0 Å². The Labute approximate surface area is 163 Å². The summed E-state index contributed by atoms with van der Waals surface area (Å²) in [6, 6.07) is 21.8. The second-order valence-electron chi connectivity index (χ2n) is 6.32. The summed E-state index contributed by atoms with van der Waals surface area (Å²) >= 11 is 1.55. The fourth-order valence-electron chi connectivity index (χ4n) is 2.78. The topological polar surface area (TPSA) is 49.4 Å². The monoisotopic (exact) mass is 378 g/mol. The summed E-state index contributed by atoms with van der Waals surface area (Å²) in [5.74, 6) is 0.354. The van der Waals surface area contributed by atoms with Crippen molar-refractivity contribution in [2.45, 2.75) is 11.4 Å². The van der Waals surface area contributed by atoms with Crippen LogP contribution in [-0.4, -0.2) is 36.6 Å². The van der Waals surface area contributed by atoms with Crippen LogP contribution in [0.3, 0.4) is 0 Å². The normalized spacial score (nSPS) is 10.6. The van der Waals surface area contributed by atoms with Gasteiger partial charge in [-0.15, -0.1) is 11.8 Å². The Balaban J connectivity index is 1.56. The number of hydrogen-bond donors (Lipinski definition) is 1. The molecule has 3 aromatic rings. The number of nitrogens with zero attached hydrogens (tertiary/aromatic N) is 1. The molecule has 0 atom stereocenters. The van der Waals surface area contributed by atoms with Gasteiger partial charge in [-0.1, -0.05) is 42.5 Å². The minimum Gasteiger partial charge on any atom is -0.355 e. The van der Waals surface area contributed by atoms with Crippen LogP contribution in [-0.2, 0) is 11.3 Å². The van der Waals surface area contributed by atoms with E-state index in [-0.39, 0.29) is 11.8 Å². The maximum absolute atomic E-state index is 12.4. The van der Waals surface area contributed by atoms with Crippen LogP contribution >= 0.6 is 11.8 Å². The van der Waals surface area contributed by atoms with Crippen molar-refractivity contribution in [3.8, 4) is 0 Å². The van der Waals surface area contributed by atoms with Crippen LogP contribution in [0.1, 0.15) is 15.9 Å². The molecule has 2 amide bonds. The van der Waals surface area contributed by atoms with Gasteiger partial charge in [-0.3, -0.25) is 9.59 Å². The van der Waals surface area contributed by atoms with Gasteiger partial charge in [0.25, 0.3) is 5.91 Å². The lowest BCUT2D eigenvalue weighted by Gasteiger charge is -2.17. The Kier molecular flexibility index (Phi) is 6.14. The Morgan fingerprint density at radius 3 is 2.37 bits per heavy atom. The molecule has 0 radical (unpaired) electrons. The van der Waals surface area contributed by atoms with Crippen molar-refractivity contribution in [3.05, 3.63) is 77.9 Å². The standard InChI is InChI=1S/C22H22N2O2S/c1-23-22(26)18-9-7-16(8-10-18)14-24(2)21(25)15-27-20-12-11-17-5-3-4-6-19(17)13-20/h3-13H,14-15H2,1-2H3,(H,23,26). The summed E-state index contributed by atoms with van der Waals surface area (Å²) < 4.78 is 0. The predicted molar refractivity (Wildman–Crippen MR) is 111 cm³/mol. The zero-order chi connectivity index (χ0) is 19.2. The molecule has 0 saturated heterocycles. The molecular weight excluding hydrogens is 356 g/mol. The highest BCUT2D eigenvalue weighted by Gasteiger charge is 2.11. The molecule has 3 aromatic carbocycles. The average molecular weight is 378 g/mol. The fourth-order valence-corrected chi connectivity index (χ4v) is 3.67. The minimum absolute atomic E-state index is 0.0727. The molecule has 5 heteroatoms. The Bertz CT molecular complexity index is 954. The molecule has 0 fully saturated rings. The van der Waals surface area contributed by atoms with E-state index < -0.39 is 0 Å². The van der Waals surface area contributed by atoms with E-state index in [0.717, 1.165) is 10.5 Å². The molecule has 0 aliphatic carbocycles. The van der Waals surface area contributed by atoms with Gasteiger partial charge < -0.3 is 10.2 Å². The lowest BCUT2D eigenvalue weighted by molar-refractivity contribution is -0.127. The molecular formula is C22H22N2O2S. The van der Waals surface area contributed by atoms with E-state index in [1.807, 2.05) is 24.3 Å². The van der Waals surface area contributed by atoms with Crippen LogP contribution in [0.25, 0.3) is 10.8 Å². The highest BCUT2D eigenvalue weighted by molar-refractivity contribution is 8.00. The van der Waals surface area contributed by atoms with E-state index in [0.29, 0.717) is 17.9 Å². The Hall–Kier alpha value is -2.79. The number of hydrogen-bond acceptors (Lipinski definition) is 3. The zero-order valence-corrected chi connectivity index (χ0v) is 16.3. The quantitative estimate of drug-likeness (QED) is 0.661. The molecule has 138 valence electrons.